The molecule has 1 N–H and O–H groups in total. The number of carbonyl (C=O) groups excluding carboxylic acids is 1. The van der Waals surface area contributed by atoms with Crippen LogP contribution in [0.2, 0.25) is 0 Å². The molecule has 15 heavy (non-hydrogen) atoms. The Morgan fingerprint density at radius 1 is 1.47 bits per heavy atom. The summed E-state index contributed by atoms with van der Waals surface area (Å²) in [5, 5.41) is 9.64. The minimum absolute atomic E-state index is 0.0142. The molecule has 0 bridgehead atoms. The monoisotopic (exact) mass is 208 g/mol. The normalized spacial score (nSPS) is 10.4. The van der Waals surface area contributed by atoms with Crippen LogP contribution in [0.5, 0.6) is 5.75 Å². The Hall–Kier alpha value is -1.51. The minimum atomic E-state index is -0.481. The van der Waals surface area contributed by atoms with Gasteiger partial charge < -0.3 is 9.84 Å². The minimum Gasteiger partial charge on any atom is -0.507 e. The summed E-state index contributed by atoms with van der Waals surface area (Å²) in [6.45, 7) is 6.10. The first kappa shape index (κ1) is 11.6. The van der Waals surface area contributed by atoms with Gasteiger partial charge in [-0.1, -0.05) is 19.9 Å². The van der Waals surface area contributed by atoms with E-state index >= 15 is 0 Å². The zero-order valence-electron chi connectivity index (χ0n) is 9.28. The summed E-state index contributed by atoms with van der Waals surface area (Å²) in [6.07, 6.45) is 0. The molecule has 0 aliphatic carbocycles. The molecule has 0 fully saturated rings. The predicted molar refractivity (Wildman–Crippen MR) is 58.2 cm³/mol. The second-order valence-electron chi connectivity index (χ2n) is 3.65. The van der Waals surface area contributed by atoms with E-state index in [0.717, 1.165) is 5.56 Å². The predicted octanol–water partition coefficient (Wildman–Crippen LogP) is 2.69. The number of rotatable bonds is 3. The third-order valence-electron chi connectivity index (χ3n) is 2.18. The topological polar surface area (TPSA) is 46.5 Å². The van der Waals surface area contributed by atoms with E-state index in [1.54, 1.807) is 19.1 Å². The van der Waals surface area contributed by atoms with Crippen molar-refractivity contribution in [2.24, 2.45) is 0 Å². The van der Waals surface area contributed by atoms with Gasteiger partial charge in [-0.15, -0.1) is 0 Å². The number of phenols is 1. The molecule has 82 valence electrons. The summed E-state index contributed by atoms with van der Waals surface area (Å²) in [5.74, 6) is -0.169. The van der Waals surface area contributed by atoms with Gasteiger partial charge in [0.25, 0.3) is 0 Å². The standard InChI is InChI=1S/C12H16O3/c1-4-15-12(14)10-6-5-9(8(2)3)7-11(10)13/h5-8,13H,4H2,1-3H3. The average Bonchev–Trinajstić information content (AvgIpc) is 2.17. The summed E-state index contributed by atoms with van der Waals surface area (Å²) in [6, 6.07) is 5.04. The van der Waals surface area contributed by atoms with Crippen molar-refractivity contribution < 1.29 is 14.6 Å². The molecule has 0 aromatic heterocycles. The second-order valence-corrected chi connectivity index (χ2v) is 3.65. The molecule has 0 spiro atoms. The van der Waals surface area contributed by atoms with Crippen LogP contribution in [0.1, 0.15) is 42.6 Å². The molecule has 3 heteroatoms. The molecular formula is C12H16O3. The van der Waals surface area contributed by atoms with Crippen molar-refractivity contribution >= 4 is 5.97 Å². The number of carbonyl (C=O) groups is 1. The van der Waals surface area contributed by atoms with E-state index in [9.17, 15) is 9.90 Å². The quantitative estimate of drug-likeness (QED) is 0.777. The summed E-state index contributed by atoms with van der Waals surface area (Å²) in [7, 11) is 0. The highest BCUT2D eigenvalue weighted by molar-refractivity contribution is 5.92. The molecule has 0 aliphatic heterocycles. The van der Waals surface area contributed by atoms with Gasteiger partial charge in [0.15, 0.2) is 0 Å². The van der Waals surface area contributed by atoms with E-state index in [2.05, 4.69) is 0 Å². The van der Waals surface area contributed by atoms with Gasteiger partial charge in [-0.3, -0.25) is 0 Å². The maximum Gasteiger partial charge on any atom is 0.341 e. The molecule has 0 saturated carbocycles. The van der Waals surface area contributed by atoms with Crippen molar-refractivity contribution in [2.75, 3.05) is 6.61 Å². The Bertz CT molecular complexity index is 356. The van der Waals surface area contributed by atoms with Gasteiger partial charge >= 0.3 is 5.97 Å². The van der Waals surface area contributed by atoms with Gasteiger partial charge in [-0.25, -0.2) is 4.79 Å². The van der Waals surface area contributed by atoms with Crippen LogP contribution in [0.4, 0.5) is 0 Å². The van der Waals surface area contributed by atoms with E-state index in [-0.39, 0.29) is 11.3 Å². The summed E-state index contributed by atoms with van der Waals surface area (Å²) in [4.78, 5) is 11.4. The van der Waals surface area contributed by atoms with Crippen LogP contribution in [0.25, 0.3) is 0 Å². The number of aromatic hydroxyl groups is 1. The van der Waals surface area contributed by atoms with E-state index in [1.807, 2.05) is 19.9 Å². The average molecular weight is 208 g/mol. The molecule has 0 radical (unpaired) electrons. The van der Waals surface area contributed by atoms with Crippen LogP contribution in [0.3, 0.4) is 0 Å². The Labute approximate surface area is 89.7 Å². The van der Waals surface area contributed by atoms with Crippen molar-refractivity contribution in [3.05, 3.63) is 29.3 Å². The first-order chi connectivity index (χ1) is 7.06. The van der Waals surface area contributed by atoms with Gasteiger partial charge in [0, 0.05) is 0 Å². The SMILES string of the molecule is CCOC(=O)c1ccc(C(C)C)cc1O. The molecule has 1 rings (SSSR count). The maximum absolute atomic E-state index is 11.4. The van der Waals surface area contributed by atoms with Crippen LogP contribution in [-0.2, 0) is 4.74 Å². The van der Waals surface area contributed by atoms with Crippen LogP contribution >= 0.6 is 0 Å². The molecule has 0 aliphatic rings. The Balaban J connectivity index is 2.98. The number of esters is 1. The molecule has 0 unspecified atom stereocenters. The Morgan fingerprint density at radius 3 is 2.60 bits per heavy atom. The molecular weight excluding hydrogens is 192 g/mol. The fourth-order valence-electron chi connectivity index (χ4n) is 1.29. The third-order valence-corrected chi connectivity index (χ3v) is 2.18. The fourth-order valence-corrected chi connectivity index (χ4v) is 1.29. The lowest BCUT2D eigenvalue weighted by Gasteiger charge is -2.08. The summed E-state index contributed by atoms with van der Waals surface area (Å²) in [5.41, 5.74) is 1.22. The first-order valence-electron chi connectivity index (χ1n) is 5.06. The van der Waals surface area contributed by atoms with Crippen molar-refractivity contribution in [1.82, 2.24) is 0 Å². The van der Waals surface area contributed by atoms with E-state index in [4.69, 9.17) is 4.74 Å². The highest BCUT2D eigenvalue weighted by Gasteiger charge is 2.13. The molecule has 3 nitrogen and oxygen atoms in total. The largest absolute Gasteiger partial charge is 0.507 e. The van der Waals surface area contributed by atoms with E-state index < -0.39 is 5.97 Å². The molecule has 0 saturated heterocycles. The third kappa shape index (κ3) is 2.72. The summed E-state index contributed by atoms with van der Waals surface area (Å²) >= 11 is 0. The van der Waals surface area contributed by atoms with Gasteiger partial charge in [0.1, 0.15) is 11.3 Å². The Morgan fingerprint density at radius 2 is 2.13 bits per heavy atom. The fraction of sp³-hybridized carbons (Fsp3) is 0.417. The van der Waals surface area contributed by atoms with Crippen molar-refractivity contribution in [3.8, 4) is 5.75 Å². The van der Waals surface area contributed by atoms with Gasteiger partial charge in [-0.05, 0) is 30.5 Å². The Kier molecular flexibility index (Phi) is 3.72. The molecule has 0 amide bonds. The lowest BCUT2D eigenvalue weighted by molar-refractivity contribution is 0.0523. The number of phenolic OH excluding ortho intramolecular Hbond substituents is 1. The van der Waals surface area contributed by atoms with Crippen LogP contribution in [0, 0.1) is 0 Å². The van der Waals surface area contributed by atoms with Gasteiger partial charge in [0.2, 0.25) is 0 Å². The van der Waals surface area contributed by atoms with Crippen LogP contribution < -0.4 is 0 Å². The molecule has 1 aromatic carbocycles. The number of benzene rings is 1. The van der Waals surface area contributed by atoms with Crippen molar-refractivity contribution in [3.63, 3.8) is 0 Å². The zero-order chi connectivity index (χ0) is 11.4. The van der Waals surface area contributed by atoms with Crippen LogP contribution in [0.15, 0.2) is 18.2 Å². The number of ether oxygens (including phenoxy) is 1. The number of hydrogen-bond acceptors (Lipinski definition) is 3. The first-order valence-corrected chi connectivity index (χ1v) is 5.06. The van der Waals surface area contributed by atoms with E-state index in [1.165, 1.54) is 0 Å². The highest BCUT2D eigenvalue weighted by Crippen LogP contribution is 2.24. The molecule has 0 atom stereocenters. The maximum atomic E-state index is 11.4. The van der Waals surface area contributed by atoms with Crippen LogP contribution in [-0.4, -0.2) is 17.7 Å². The number of hydrogen-bond donors (Lipinski definition) is 1. The summed E-state index contributed by atoms with van der Waals surface area (Å²) < 4.78 is 4.81. The smallest absolute Gasteiger partial charge is 0.341 e. The highest BCUT2D eigenvalue weighted by atomic mass is 16.5. The van der Waals surface area contributed by atoms with Crippen molar-refractivity contribution in [2.45, 2.75) is 26.7 Å². The second kappa shape index (κ2) is 4.82. The molecule has 0 heterocycles. The van der Waals surface area contributed by atoms with Gasteiger partial charge in [-0.2, -0.15) is 0 Å². The lowest BCUT2D eigenvalue weighted by atomic mass is 10.0. The lowest BCUT2D eigenvalue weighted by Crippen LogP contribution is -2.05. The van der Waals surface area contributed by atoms with E-state index in [0.29, 0.717) is 12.5 Å². The van der Waals surface area contributed by atoms with Crippen molar-refractivity contribution in [1.29, 1.82) is 0 Å². The van der Waals surface area contributed by atoms with Gasteiger partial charge in [0.05, 0.1) is 6.61 Å². The zero-order valence-corrected chi connectivity index (χ0v) is 9.28. The molecule has 1 aromatic rings.